The van der Waals surface area contributed by atoms with Crippen molar-refractivity contribution in [3.05, 3.63) is 0 Å². The number of hydrogen-bond donors (Lipinski definition) is 2. The van der Waals surface area contributed by atoms with Gasteiger partial charge in [-0.15, -0.1) is 0 Å². The molecule has 0 aromatic heterocycles. The van der Waals surface area contributed by atoms with Gasteiger partial charge in [-0.3, -0.25) is 9.69 Å². The summed E-state index contributed by atoms with van der Waals surface area (Å²) >= 11 is 0. The van der Waals surface area contributed by atoms with Crippen molar-refractivity contribution in [2.75, 3.05) is 39.3 Å². The number of rotatable bonds is 7. The predicted octanol–water partition coefficient (Wildman–Crippen LogP) is 1.63. The van der Waals surface area contributed by atoms with Crippen molar-refractivity contribution in [3.63, 3.8) is 0 Å². The Kier molecular flexibility index (Phi) is 7.80. The van der Waals surface area contributed by atoms with Crippen LogP contribution in [0.15, 0.2) is 0 Å². The quantitative estimate of drug-likeness (QED) is 0.699. The molecule has 2 N–H and O–H groups in total. The number of amides is 1. The minimum atomic E-state index is 0.222. The Bertz CT molecular complexity index is 348. The Morgan fingerprint density at radius 1 is 1.26 bits per heavy atom. The summed E-state index contributed by atoms with van der Waals surface area (Å²) in [7, 11) is 0. The van der Waals surface area contributed by atoms with E-state index in [0.717, 1.165) is 45.7 Å². The van der Waals surface area contributed by atoms with Crippen molar-refractivity contribution in [1.29, 1.82) is 0 Å². The van der Waals surface area contributed by atoms with Crippen LogP contribution < -0.4 is 10.6 Å². The van der Waals surface area contributed by atoms with Gasteiger partial charge in [0.05, 0.1) is 12.2 Å². The maximum absolute atomic E-state index is 12.1. The zero-order chi connectivity index (χ0) is 16.7. The van der Waals surface area contributed by atoms with Crippen LogP contribution in [0, 0.1) is 11.8 Å². The van der Waals surface area contributed by atoms with Crippen LogP contribution in [0.4, 0.5) is 0 Å². The van der Waals surface area contributed by atoms with Crippen LogP contribution in [-0.4, -0.2) is 62.3 Å². The van der Waals surface area contributed by atoms with E-state index in [1.165, 1.54) is 12.8 Å². The molecule has 2 rings (SSSR count). The molecule has 0 radical (unpaired) electrons. The van der Waals surface area contributed by atoms with Gasteiger partial charge >= 0.3 is 0 Å². The molecule has 2 fully saturated rings. The van der Waals surface area contributed by atoms with Crippen LogP contribution in [-0.2, 0) is 9.53 Å². The van der Waals surface area contributed by atoms with Crippen LogP contribution in [0.2, 0.25) is 0 Å². The number of piperidine rings is 1. The second-order valence-electron chi connectivity index (χ2n) is 7.49. The molecular formula is C18H35N3O2. The first-order valence-corrected chi connectivity index (χ1v) is 9.40. The summed E-state index contributed by atoms with van der Waals surface area (Å²) in [6, 6.07) is 0. The van der Waals surface area contributed by atoms with E-state index in [9.17, 15) is 4.79 Å². The van der Waals surface area contributed by atoms with E-state index < -0.39 is 0 Å². The minimum Gasteiger partial charge on any atom is -0.373 e. The number of carbonyl (C=O) groups excluding carboxylic acids is 1. The highest BCUT2D eigenvalue weighted by molar-refractivity contribution is 5.76. The van der Waals surface area contributed by atoms with Gasteiger partial charge in [0.15, 0.2) is 0 Å². The number of nitrogens with one attached hydrogen (secondary N) is 2. The molecule has 0 aromatic carbocycles. The summed E-state index contributed by atoms with van der Waals surface area (Å²) in [5.74, 6) is 1.43. The summed E-state index contributed by atoms with van der Waals surface area (Å²) in [5, 5.41) is 6.49. The van der Waals surface area contributed by atoms with Crippen molar-refractivity contribution < 1.29 is 9.53 Å². The molecule has 0 aromatic rings. The summed E-state index contributed by atoms with van der Waals surface area (Å²) in [5.41, 5.74) is 0. The third-order valence-corrected chi connectivity index (χ3v) is 5.16. The molecule has 5 heteroatoms. The normalized spacial score (nSPS) is 28.5. The fraction of sp³-hybridized carbons (Fsp3) is 0.944. The second-order valence-corrected chi connectivity index (χ2v) is 7.49. The van der Waals surface area contributed by atoms with Gasteiger partial charge < -0.3 is 15.4 Å². The molecule has 5 nitrogen and oxygen atoms in total. The molecule has 2 heterocycles. The Morgan fingerprint density at radius 3 is 2.57 bits per heavy atom. The fourth-order valence-corrected chi connectivity index (χ4v) is 3.94. The first-order valence-electron chi connectivity index (χ1n) is 9.40. The third kappa shape index (κ3) is 6.77. The molecule has 0 spiro atoms. The van der Waals surface area contributed by atoms with Crippen molar-refractivity contribution in [1.82, 2.24) is 15.5 Å². The summed E-state index contributed by atoms with van der Waals surface area (Å²) in [4.78, 5) is 14.5. The molecule has 0 aliphatic carbocycles. The van der Waals surface area contributed by atoms with Crippen LogP contribution in [0.1, 0.15) is 46.5 Å². The molecule has 134 valence electrons. The topological polar surface area (TPSA) is 53.6 Å². The van der Waals surface area contributed by atoms with Crippen molar-refractivity contribution in [2.45, 2.75) is 58.7 Å². The molecule has 3 unspecified atom stereocenters. The molecule has 1 amide bonds. The molecule has 0 bridgehead atoms. The van der Waals surface area contributed by atoms with E-state index in [2.05, 4.69) is 36.3 Å². The Balaban J connectivity index is 1.55. The van der Waals surface area contributed by atoms with Crippen molar-refractivity contribution in [2.24, 2.45) is 11.8 Å². The Hall–Kier alpha value is -0.650. The number of hydrogen-bond acceptors (Lipinski definition) is 4. The van der Waals surface area contributed by atoms with Gasteiger partial charge in [-0.1, -0.05) is 6.92 Å². The highest BCUT2D eigenvalue weighted by Gasteiger charge is 2.23. The van der Waals surface area contributed by atoms with Gasteiger partial charge in [0.1, 0.15) is 0 Å². The van der Waals surface area contributed by atoms with E-state index in [1.807, 2.05) is 0 Å². The van der Waals surface area contributed by atoms with Crippen LogP contribution >= 0.6 is 0 Å². The number of carbonyl (C=O) groups is 1. The maximum atomic E-state index is 12.1. The first-order chi connectivity index (χ1) is 11.0. The van der Waals surface area contributed by atoms with Gasteiger partial charge in [-0.05, 0) is 58.0 Å². The van der Waals surface area contributed by atoms with Crippen LogP contribution in [0.25, 0.3) is 0 Å². The van der Waals surface area contributed by atoms with Gasteiger partial charge in [-0.25, -0.2) is 0 Å². The average molecular weight is 325 g/mol. The van der Waals surface area contributed by atoms with Gasteiger partial charge in [0.2, 0.25) is 5.91 Å². The lowest BCUT2D eigenvalue weighted by atomic mass is 9.84. The standard InChI is InChI=1S/C18H35N3O2/c1-14(17-5-8-19-9-6-17)11-18(22)20-7-4-10-21-12-15(2)23-16(3)13-21/h14-17,19H,4-13H2,1-3H3,(H,20,22). The van der Waals surface area contributed by atoms with Crippen LogP contribution in [0.5, 0.6) is 0 Å². The largest absolute Gasteiger partial charge is 0.373 e. The monoisotopic (exact) mass is 325 g/mol. The lowest BCUT2D eigenvalue weighted by molar-refractivity contribution is -0.122. The Morgan fingerprint density at radius 2 is 1.91 bits per heavy atom. The second kappa shape index (κ2) is 9.60. The van der Waals surface area contributed by atoms with E-state index in [1.54, 1.807) is 0 Å². The lowest BCUT2D eigenvalue weighted by Gasteiger charge is -2.35. The van der Waals surface area contributed by atoms with Gasteiger partial charge in [0, 0.05) is 32.6 Å². The zero-order valence-corrected chi connectivity index (χ0v) is 15.1. The zero-order valence-electron chi connectivity index (χ0n) is 15.1. The molecule has 2 saturated heterocycles. The molecule has 2 aliphatic rings. The highest BCUT2D eigenvalue weighted by Crippen LogP contribution is 2.24. The van der Waals surface area contributed by atoms with E-state index in [0.29, 0.717) is 30.5 Å². The summed E-state index contributed by atoms with van der Waals surface area (Å²) < 4.78 is 5.75. The smallest absolute Gasteiger partial charge is 0.220 e. The summed E-state index contributed by atoms with van der Waals surface area (Å²) in [6.07, 6.45) is 4.76. The maximum Gasteiger partial charge on any atom is 0.220 e. The van der Waals surface area contributed by atoms with Crippen molar-refractivity contribution >= 4 is 5.91 Å². The minimum absolute atomic E-state index is 0.222. The number of morpholine rings is 1. The molecule has 23 heavy (non-hydrogen) atoms. The van der Waals surface area contributed by atoms with E-state index >= 15 is 0 Å². The SMILES string of the molecule is CC1CN(CCCNC(=O)CC(C)C2CCNCC2)CC(C)O1. The predicted molar refractivity (Wildman–Crippen MR) is 93.5 cm³/mol. The van der Waals surface area contributed by atoms with Gasteiger partial charge in [0.25, 0.3) is 0 Å². The number of ether oxygens (including phenoxy) is 1. The van der Waals surface area contributed by atoms with E-state index in [-0.39, 0.29) is 5.91 Å². The Labute approximate surface area is 141 Å². The molecule has 0 saturated carbocycles. The van der Waals surface area contributed by atoms with E-state index in [4.69, 9.17) is 4.74 Å². The summed E-state index contributed by atoms with van der Waals surface area (Å²) in [6.45, 7) is 12.5. The first kappa shape index (κ1) is 18.7. The molecule has 2 aliphatic heterocycles. The molecular weight excluding hydrogens is 290 g/mol. The van der Waals surface area contributed by atoms with Gasteiger partial charge in [-0.2, -0.15) is 0 Å². The number of nitrogens with zero attached hydrogens (tertiary/aromatic N) is 1. The lowest BCUT2D eigenvalue weighted by Crippen LogP contribution is -2.46. The fourth-order valence-electron chi connectivity index (χ4n) is 3.94. The van der Waals surface area contributed by atoms with Crippen molar-refractivity contribution in [3.8, 4) is 0 Å². The highest BCUT2D eigenvalue weighted by atomic mass is 16.5. The van der Waals surface area contributed by atoms with Crippen LogP contribution in [0.3, 0.4) is 0 Å². The molecule has 3 atom stereocenters. The third-order valence-electron chi connectivity index (χ3n) is 5.16. The average Bonchev–Trinajstić information content (AvgIpc) is 2.51.